The van der Waals surface area contributed by atoms with Crippen molar-refractivity contribution in [2.24, 2.45) is 0 Å². The van der Waals surface area contributed by atoms with Gasteiger partial charge < -0.3 is 19.9 Å². The van der Waals surface area contributed by atoms with E-state index in [2.05, 4.69) is 19.2 Å². The predicted octanol–water partition coefficient (Wildman–Crippen LogP) is 2.73. The molecule has 4 nitrogen and oxygen atoms in total. The lowest BCUT2D eigenvalue weighted by atomic mass is 9.94. The van der Waals surface area contributed by atoms with E-state index >= 15 is 0 Å². The number of hydrogen-bond donors (Lipinski definition) is 2. The summed E-state index contributed by atoms with van der Waals surface area (Å²) < 4.78 is 10.9. The number of hydrogen-bond acceptors (Lipinski definition) is 4. The summed E-state index contributed by atoms with van der Waals surface area (Å²) in [6.07, 6.45) is 1.72. The van der Waals surface area contributed by atoms with Crippen molar-refractivity contribution in [2.45, 2.75) is 45.7 Å². The Bertz CT molecular complexity index is 409. The zero-order valence-corrected chi connectivity index (χ0v) is 13.0. The molecule has 1 aromatic rings. The smallest absolute Gasteiger partial charge is 0.161 e. The average Bonchev–Trinajstić information content (AvgIpc) is 2.47. The first-order chi connectivity index (χ1) is 9.58. The van der Waals surface area contributed by atoms with Gasteiger partial charge >= 0.3 is 0 Å². The van der Waals surface area contributed by atoms with Crippen molar-refractivity contribution in [2.75, 3.05) is 20.3 Å². The van der Waals surface area contributed by atoms with Crippen LogP contribution in [0.4, 0.5) is 0 Å². The first-order valence-electron chi connectivity index (χ1n) is 7.24. The second-order valence-corrected chi connectivity index (χ2v) is 5.16. The maximum Gasteiger partial charge on any atom is 0.161 e. The fourth-order valence-corrected chi connectivity index (χ4v) is 2.05. The average molecular weight is 281 g/mol. The summed E-state index contributed by atoms with van der Waals surface area (Å²) in [4.78, 5) is 0. The van der Waals surface area contributed by atoms with Crippen LogP contribution in [0, 0.1) is 0 Å². The third kappa shape index (κ3) is 4.69. The first-order valence-corrected chi connectivity index (χ1v) is 7.24. The molecular weight excluding hydrogens is 254 g/mol. The van der Waals surface area contributed by atoms with Crippen molar-refractivity contribution in [1.82, 2.24) is 5.32 Å². The molecular formula is C16H27NO3. The van der Waals surface area contributed by atoms with E-state index in [1.54, 1.807) is 7.11 Å². The summed E-state index contributed by atoms with van der Waals surface area (Å²) >= 11 is 0. The zero-order valence-electron chi connectivity index (χ0n) is 13.0. The van der Waals surface area contributed by atoms with Gasteiger partial charge in [0.15, 0.2) is 11.5 Å². The van der Waals surface area contributed by atoms with Crippen molar-refractivity contribution in [3.05, 3.63) is 23.8 Å². The van der Waals surface area contributed by atoms with Crippen molar-refractivity contribution >= 4 is 0 Å². The number of benzene rings is 1. The van der Waals surface area contributed by atoms with Gasteiger partial charge in [-0.15, -0.1) is 0 Å². The van der Waals surface area contributed by atoms with Crippen molar-refractivity contribution in [3.8, 4) is 11.5 Å². The van der Waals surface area contributed by atoms with Gasteiger partial charge in [-0.25, -0.2) is 0 Å². The topological polar surface area (TPSA) is 50.7 Å². The van der Waals surface area contributed by atoms with Crippen molar-refractivity contribution < 1.29 is 14.6 Å². The van der Waals surface area contributed by atoms with Crippen LogP contribution in [0.25, 0.3) is 0 Å². The van der Waals surface area contributed by atoms with Crippen LogP contribution in [0.1, 0.15) is 39.2 Å². The molecule has 0 heterocycles. The second kappa shape index (κ2) is 8.12. The molecule has 1 unspecified atom stereocenters. The van der Waals surface area contributed by atoms with Crippen LogP contribution in [-0.2, 0) is 6.54 Å². The molecule has 0 bridgehead atoms. The molecule has 1 aromatic carbocycles. The van der Waals surface area contributed by atoms with Gasteiger partial charge in [-0.1, -0.05) is 13.0 Å². The molecule has 0 aliphatic heterocycles. The maximum atomic E-state index is 9.13. The summed E-state index contributed by atoms with van der Waals surface area (Å²) in [7, 11) is 1.65. The normalized spacial score (nSPS) is 13.8. The third-order valence-electron chi connectivity index (χ3n) is 3.69. The number of aliphatic hydroxyl groups excluding tert-OH is 1. The van der Waals surface area contributed by atoms with E-state index in [1.807, 2.05) is 25.1 Å². The van der Waals surface area contributed by atoms with Gasteiger partial charge in [0.2, 0.25) is 0 Å². The number of rotatable bonds is 9. The van der Waals surface area contributed by atoms with E-state index in [0.29, 0.717) is 6.61 Å². The Kier molecular flexibility index (Phi) is 6.82. The molecule has 1 rings (SSSR count). The summed E-state index contributed by atoms with van der Waals surface area (Å²) in [5, 5.41) is 12.6. The van der Waals surface area contributed by atoms with Crippen molar-refractivity contribution in [3.63, 3.8) is 0 Å². The highest BCUT2D eigenvalue weighted by molar-refractivity contribution is 5.42. The quantitative estimate of drug-likeness (QED) is 0.731. The molecule has 0 saturated carbocycles. The van der Waals surface area contributed by atoms with Gasteiger partial charge in [-0.05, 0) is 44.4 Å². The molecule has 0 aromatic heterocycles. The molecule has 0 aliphatic rings. The lowest BCUT2D eigenvalue weighted by molar-refractivity contribution is 0.214. The number of aliphatic hydroxyl groups is 1. The highest BCUT2D eigenvalue weighted by Crippen LogP contribution is 2.28. The Hall–Kier alpha value is -1.26. The minimum Gasteiger partial charge on any atom is -0.493 e. The Morgan fingerprint density at radius 3 is 2.55 bits per heavy atom. The fourth-order valence-electron chi connectivity index (χ4n) is 2.05. The molecule has 0 aliphatic carbocycles. The Morgan fingerprint density at radius 1 is 1.25 bits per heavy atom. The van der Waals surface area contributed by atoms with Gasteiger partial charge in [0, 0.05) is 18.7 Å². The van der Waals surface area contributed by atoms with Gasteiger partial charge in [0.25, 0.3) is 0 Å². The minimum absolute atomic E-state index is 0.0411. The van der Waals surface area contributed by atoms with E-state index in [-0.39, 0.29) is 12.1 Å². The van der Waals surface area contributed by atoms with Crippen LogP contribution in [0.2, 0.25) is 0 Å². The Labute approximate surface area is 122 Å². The van der Waals surface area contributed by atoms with E-state index < -0.39 is 0 Å². The SMILES string of the molecule is CCOc1ccc(CNC(C)(CC)CCO)cc1OC. The molecule has 0 amide bonds. The molecule has 4 heteroatoms. The molecule has 1 atom stereocenters. The van der Waals surface area contributed by atoms with Crippen molar-refractivity contribution in [1.29, 1.82) is 0 Å². The second-order valence-electron chi connectivity index (χ2n) is 5.16. The van der Waals surface area contributed by atoms with Crippen LogP contribution in [-0.4, -0.2) is 31.0 Å². The third-order valence-corrected chi connectivity index (χ3v) is 3.69. The molecule has 2 N–H and O–H groups in total. The van der Waals surface area contributed by atoms with E-state index in [1.165, 1.54) is 0 Å². The number of ether oxygens (including phenoxy) is 2. The summed E-state index contributed by atoms with van der Waals surface area (Å²) in [5.41, 5.74) is 1.10. The van der Waals surface area contributed by atoms with Crippen LogP contribution in [0.3, 0.4) is 0 Å². The van der Waals surface area contributed by atoms with Gasteiger partial charge in [-0.2, -0.15) is 0 Å². The van der Waals surface area contributed by atoms with Gasteiger partial charge in [0.1, 0.15) is 0 Å². The lowest BCUT2D eigenvalue weighted by Gasteiger charge is -2.29. The number of methoxy groups -OCH3 is 1. The largest absolute Gasteiger partial charge is 0.493 e. The molecule has 0 fully saturated rings. The molecule has 0 radical (unpaired) electrons. The Morgan fingerprint density at radius 2 is 2.00 bits per heavy atom. The Balaban J connectivity index is 2.73. The summed E-state index contributed by atoms with van der Waals surface area (Å²) in [5.74, 6) is 1.53. The van der Waals surface area contributed by atoms with Crippen LogP contribution in [0.15, 0.2) is 18.2 Å². The van der Waals surface area contributed by atoms with Crippen LogP contribution < -0.4 is 14.8 Å². The molecule has 0 spiro atoms. The lowest BCUT2D eigenvalue weighted by Crippen LogP contribution is -2.42. The maximum absolute atomic E-state index is 9.13. The highest BCUT2D eigenvalue weighted by atomic mass is 16.5. The molecule has 114 valence electrons. The van der Waals surface area contributed by atoms with E-state index in [9.17, 15) is 0 Å². The van der Waals surface area contributed by atoms with Gasteiger partial charge in [0.05, 0.1) is 13.7 Å². The summed E-state index contributed by atoms with van der Waals surface area (Å²) in [6.45, 7) is 7.78. The standard InChI is InChI=1S/C16H27NO3/c1-5-16(3,9-10-18)17-12-13-7-8-14(20-6-2)15(11-13)19-4/h7-8,11,17-18H,5-6,9-10,12H2,1-4H3. The monoisotopic (exact) mass is 281 g/mol. The summed E-state index contributed by atoms with van der Waals surface area (Å²) in [6, 6.07) is 5.97. The molecule has 20 heavy (non-hydrogen) atoms. The van der Waals surface area contributed by atoms with Crippen LogP contribution in [0.5, 0.6) is 11.5 Å². The molecule has 0 saturated heterocycles. The minimum atomic E-state index is -0.0411. The fraction of sp³-hybridized carbons (Fsp3) is 0.625. The van der Waals surface area contributed by atoms with Crippen LogP contribution >= 0.6 is 0 Å². The van der Waals surface area contributed by atoms with E-state index in [4.69, 9.17) is 14.6 Å². The van der Waals surface area contributed by atoms with Gasteiger partial charge in [-0.3, -0.25) is 0 Å². The number of nitrogens with one attached hydrogen (secondary N) is 1. The van der Waals surface area contributed by atoms with E-state index in [0.717, 1.165) is 36.4 Å². The predicted molar refractivity (Wildman–Crippen MR) is 81.4 cm³/mol. The first kappa shape index (κ1) is 16.8. The highest BCUT2D eigenvalue weighted by Gasteiger charge is 2.20. The zero-order chi connectivity index (χ0) is 15.0.